The van der Waals surface area contributed by atoms with Gasteiger partial charge >= 0.3 is 0 Å². The Labute approximate surface area is 190 Å². The Kier molecular flexibility index (Phi) is 5.43. The molecule has 9 heteroatoms. The van der Waals surface area contributed by atoms with Crippen LogP contribution in [0.1, 0.15) is 28.2 Å². The molecule has 0 saturated carbocycles. The minimum atomic E-state index is 0.142. The Balaban J connectivity index is 1.41. The van der Waals surface area contributed by atoms with E-state index in [9.17, 15) is 0 Å². The van der Waals surface area contributed by atoms with E-state index in [1.54, 1.807) is 30.4 Å². The molecule has 0 spiro atoms. The first-order chi connectivity index (χ1) is 16.2. The molecule has 33 heavy (non-hydrogen) atoms. The van der Waals surface area contributed by atoms with E-state index in [0.717, 1.165) is 44.8 Å². The van der Waals surface area contributed by atoms with Crippen molar-refractivity contribution in [3.8, 4) is 5.75 Å². The van der Waals surface area contributed by atoms with Crippen molar-refractivity contribution >= 4 is 22.9 Å². The maximum Gasteiger partial charge on any atom is 0.192 e. The van der Waals surface area contributed by atoms with E-state index < -0.39 is 0 Å². The fourth-order valence-corrected chi connectivity index (χ4v) is 3.87. The van der Waals surface area contributed by atoms with E-state index >= 15 is 0 Å². The van der Waals surface area contributed by atoms with Gasteiger partial charge in [0.05, 0.1) is 25.3 Å². The molecule has 0 bridgehead atoms. The molecule has 0 saturated heterocycles. The number of aryl methyl sites for hydroxylation is 1. The predicted molar refractivity (Wildman–Crippen MR) is 124 cm³/mol. The third-order valence-corrected chi connectivity index (χ3v) is 5.65. The average Bonchev–Trinajstić information content (AvgIpc) is 3.37. The van der Waals surface area contributed by atoms with E-state index in [2.05, 4.69) is 44.7 Å². The fourth-order valence-electron chi connectivity index (χ4n) is 3.87. The molecule has 4 aromatic heterocycles. The number of pyridine rings is 1. The van der Waals surface area contributed by atoms with Crippen LogP contribution >= 0.6 is 0 Å². The standard InChI is InChI=1S/C24H23N7O2/c1-16-17(2)30(13-18-7-6-10-25-11-18)23-22(16)24-28-21(29-31(24)15-26-23)14-33-27-12-19-8-4-5-9-20(19)32-3/h4-12,15H,13-14H2,1-3H3/b27-12-. The van der Waals surface area contributed by atoms with Crippen LogP contribution in [0.3, 0.4) is 0 Å². The van der Waals surface area contributed by atoms with Crippen LogP contribution in [0.4, 0.5) is 0 Å². The minimum absolute atomic E-state index is 0.142. The van der Waals surface area contributed by atoms with E-state index in [1.807, 2.05) is 36.5 Å². The molecule has 5 aromatic rings. The van der Waals surface area contributed by atoms with Gasteiger partial charge in [-0.15, -0.1) is 5.10 Å². The van der Waals surface area contributed by atoms with Crippen LogP contribution in [0, 0.1) is 13.8 Å². The van der Waals surface area contributed by atoms with Gasteiger partial charge < -0.3 is 14.1 Å². The summed E-state index contributed by atoms with van der Waals surface area (Å²) < 4.78 is 9.19. The molecule has 4 heterocycles. The van der Waals surface area contributed by atoms with Gasteiger partial charge in [-0.05, 0) is 43.2 Å². The zero-order chi connectivity index (χ0) is 22.8. The highest BCUT2D eigenvalue weighted by atomic mass is 16.6. The number of fused-ring (bicyclic) bond motifs is 3. The van der Waals surface area contributed by atoms with E-state index in [1.165, 1.54) is 0 Å². The second-order valence-electron chi connectivity index (χ2n) is 7.65. The van der Waals surface area contributed by atoms with Crippen LogP contribution in [-0.4, -0.2) is 42.5 Å². The highest BCUT2D eigenvalue weighted by molar-refractivity contribution is 5.94. The van der Waals surface area contributed by atoms with Gasteiger partial charge in [-0.3, -0.25) is 4.98 Å². The lowest BCUT2D eigenvalue weighted by atomic mass is 10.2. The second-order valence-corrected chi connectivity index (χ2v) is 7.65. The Morgan fingerprint density at radius 3 is 2.79 bits per heavy atom. The zero-order valence-electron chi connectivity index (χ0n) is 18.6. The number of hydrogen-bond donors (Lipinski definition) is 0. The van der Waals surface area contributed by atoms with Crippen molar-refractivity contribution in [2.75, 3.05) is 7.11 Å². The van der Waals surface area contributed by atoms with E-state index in [4.69, 9.17) is 14.6 Å². The van der Waals surface area contributed by atoms with Crippen molar-refractivity contribution in [2.24, 2.45) is 5.16 Å². The van der Waals surface area contributed by atoms with Gasteiger partial charge in [0.2, 0.25) is 0 Å². The minimum Gasteiger partial charge on any atom is -0.496 e. The lowest BCUT2D eigenvalue weighted by Gasteiger charge is -2.07. The van der Waals surface area contributed by atoms with Gasteiger partial charge in [-0.1, -0.05) is 23.4 Å². The number of ether oxygens (including phenoxy) is 1. The number of rotatable bonds is 7. The second kappa shape index (κ2) is 8.70. The number of hydrogen-bond acceptors (Lipinski definition) is 7. The van der Waals surface area contributed by atoms with Crippen molar-refractivity contribution in [3.05, 3.63) is 83.3 Å². The Morgan fingerprint density at radius 1 is 1.09 bits per heavy atom. The van der Waals surface area contributed by atoms with Crippen molar-refractivity contribution in [1.82, 2.24) is 29.1 Å². The van der Waals surface area contributed by atoms with Crippen LogP contribution in [-0.2, 0) is 18.0 Å². The van der Waals surface area contributed by atoms with Crippen molar-refractivity contribution in [3.63, 3.8) is 0 Å². The van der Waals surface area contributed by atoms with Crippen LogP contribution in [0.2, 0.25) is 0 Å². The largest absolute Gasteiger partial charge is 0.496 e. The number of nitrogens with zero attached hydrogens (tertiary/aromatic N) is 7. The summed E-state index contributed by atoms with van der Waals surface area (Å²) in [4.78, 5) is 19.0. The summed E-state index contributed by atoms with van der Waals surface area (Å²) in [6.45, 7) is 5.01. The summed E-state index contributed by atoms with van der Waals surface area (Å²) in [6, 6.07) is 11.6. The van der Waals surface area contributed by atoms with Gasteiger partial charge in [0.25, 0.3) is 0 Å². The highest BCUT2D eigenvalue weighted by Gasteiger charge is 2.18. The number of aromatic nitrogens is 6. The first kappa shape index (κ1) is 20.6. The molecule has 1 aromatic carbocycles. The van der Waals surface area contributed by atoms with Gasteiger partial charge in [-0.2, -0.15) is 0 Å². The molecule has 0 aliphatic rings. The maximum absolute atomic E-state index is 5.45. The molecular weight excluding hydrogens is 418 g/mol. The van der Waals surface area contributed by atoms with Crippen molar-refractivity contribution in [1.29, 1.82) is 0 Å². The Bertz CT molecular complexity index is 1450. The molecule has 0 fully saturated rings. The SMILES string of the molecule is COc1ccccc1/C=N\OCc1nc2c3c(C)c(C)n(Cc4cccnc4)c3ncn2n1. The molecule has 0 aliphatic carbocycles. The van der Waals surface area contributed by atoms with E-state index in [0.29, 0.717) is 12.4 Å². The molecule has 0 atom stereocenters. The Hall–Kier alpha value is -4.27. The summed E-state index contributed by atoms with van der Waals surface area (Å²) in [5, 5.41) is 9.53. The van der Waals surface area contributed by atoms with Crippen LogP contribution in [0.5, 0.6) is 5.75 Å². The van der Waals surface area contributed by atoms with Crippen LogP contribution in [0.25, 0.3) is 16.7 Å². The quantitative estimate of drug-likeness (QED) is 0.283. The third kappa shape index (κ3) is 3.89. The first-order valence-electron chi connectivity index (χ1n) is 10.5. The topological polar surface area (TPSA) is 91.7 Å². The molecule has 0 aliphatic heterocycles. The molecular formula is C24H23N7O2. The Morgan fingerprint density at radius 2 is 1.97 bits per heavy atom. The summed E-state index contributed by atoms with van der Waals surface area (Å²) in [5.41, 5.74) is 5.82. The molecule has 0 N–H and O–H groups in total. The molecule has 0 radical (unpaired) electrons. The van der Waals surface area contributed by atoms with E-state index in [-0.39, 0.29) is 6.61 Å². The molecule has 166 valence electrons. The summed E-state index contributed by atoms with van der Waals surface area (Å²) in [7, 11) is 1.62. The van der Waals surface area contributed by atoms with Crippen LogP contribution < -0.4 is 4.74 Å². The average molecular weight is 441 g/mol. The lowest BCUT2D eigenvalue weighted by molar-refractivity contribution is 0.126. The van der Waals surface area contributed by atoms with Crippen molar-refractivity contribution in [2.45, 2.75) is 27.0 Å². The van der Waals surface area contributed by atoms with Gasteiger partial charge in [0.1, 0.15) is 17.7 Å². The van der Waals surface area contributed by atoms with Crippen LogP contribution in [0.15, 0.2) is 60.3 Å². The normalized spacial score (nSPS) is 11.6. The molecule has 9 nitrogen and oxygen atoms in total. The highest BCUT2D eigenvalue weighted by Crippen LogP contribution is 2.27. The fraction of sp³-hybridized carbons (Fsp3) is 0.208. The monoisotopic (exact) mass is 441 g/mol. The molecule has 0 amide bonds. The predicted octanol–water partition coefficient (Wildman–Crippen LogP) is 3.70. The summed E-state index contributed by atoms with van der Waals surface area (Å²) in [5.74, 6) is 1.25. The smallest absolute Gasteiger partial charge is 0.192 e. The number of oxime groups is 1. The lowest BCUT2D eigenvalue weighted by Crippen LogP contribution is -2.03. The number of para-hydroxylation sites is 1. The molecule has 0 unspecified atom stereocenters. The first-order valence-corrected chi connectivity index (χ1v) is 10.5. The summed E-state index contributed by atoms with van der Waals surface area (Å²) >= 11 is 0. The summed E-state index contributed by atoms with van der Waals surface area (Å²) in [6.07, 6.45) is 6.94. The molecule has 5 rings (SSSR count). The third-order valence-electron chi connectivity index (χ3n) is 5.65. The van der Waals surface area contributed by atoms with Gasteiger partial charge in [-0.25, -0.2) is 14.5 Å². The van der Waals surface area contributed by atoms with Gasteiger partial charge in [0.15, 0.2) is 18.1 Å². The number of methoxy groups -OCH3 is 1. The van der Waals surface area contributed by atoms with Gasteiger partial charge in [0, 0.05) is 23.7 Å². The van der Waals surface area contributed by atoms with Crippen molar-refractivity contribution < 1.29 is 9.57 Å². The maximum atomic E-state index is 5.45. The number of benzene rings is 1. The zero-order valence-corrected chi connectivity index (χ0v) is 18.6.